The molecule has 0 aliphatic rings. The number of hydrogen-bond donors (Lipinski definition) is 0. The van der Waals surface area contributed by atoms with Crippen molar-refractivity contribution in [3.8, 4) is 0 Å². The third-order valence-corrected chi connectivity index (χ3v) is 3.96. The van der Waals surface area contributed by atoms with Gasteiger partial charge in [0.2, 0.25) is 0 Å². The summed E-state index contributed by atoms with van der Waals surface area (Å²) in [5, 5.41) is 0. The third kappa shape index (κ3) is 21.9. The maximum Gasteiger partial charge on any atom is 0.331 e. The van der Waals surface area contributed by atoms with Crippen molar-refractivity contribution in [1.29, 1.82) is 0 Å². The van der Waals surface area contributed by atoms with Crippen molar-refractivity contribution in [1.82, 2.24) is 0 Å². The first-order chi connectivity index (χ1) is 13.3. The number of allylic oxidation sites excluding steroid dienone is 9. The van der Waals surface area contributed by atoms with Gasteiger partial charge in [0.05, 0.1) is 0 Å². The zero-order valence-corrected chi connectivity index (χ0v) is 17.2. The molecule has 0 spiro atoms. The molecule has 0 saturated heterocycles. The Bertz CT molecular complexity index is 492. The fraction of sp³-hybridized carbons (Fsp3) is 0.480. The van der Waals surface area contributed by atoms with E-state index in [0.29, 0.717) is 0 Å². The van der Waals surface area contributed by atoms with E-state index < -0.39 is 0 Å². The third-order valence-electron chi connectivity index (χ3n) is 3.96. The van der Waals surface area contributed by atoms with Crippen LogP contribution >= 0.6 is 0 Å². The Morgan fingerprint density at radius 1 is 0.741 bits per heavy atom. The van der Waals surface area contributed by atoms with E-state index in [9.17, 15) is 4.79 Å². The summed E-state index contributed by atoms with van der Waals surface area (Å²) in [5.41, 5.74) is 0. The van der Waals surface area contributed by atoms with Gasteiger partial charge in [0.1, 0.15) is 6.61 Å². The molecule has 0 heterocycles. The van der Waals surface area contributed by atoms with Crippen molar-refractivity contribution in [3.63, 3.8) is 0 Å². The molecular formula is C25H38O2. The molecule has 0 aliphatic carbocycles. The van der Waals surface area contributed by atoms with E-state index in [1.165, 1.54) is 63.9 Å². The summed E-state index contributed by atoms with van der Waals surface area (Å²) in [6.07, 6.45) is 34.1. The summed E-state index contributed by atoms with van der Waals surface area (Å²) in [7, 11) is 0. The van der Waals surface area contributed by atoms with E-state index in [-0.39, 0.29) is 12.6 Å². The Hall–Kier alpha value is -2.09. The highest BCUT2D eigenvalue weighted by molar-refractivity contribution is 5.82. The first kappa shape index (κ1) is 24.9. The molecule has 0 fully saturated rings. The largest absolute Gasteiger partial charge is 0.458 e. The van der Waals surface area contributed by atoms with Crippen molar-refractivity contribution in [2.45, 2.75) is 71.1 Å². The summed E-state index contributed by atoms with van der Waals surface area (Å²) < 4.78 is 4.81. The zero-order chi connectivity index (χ0) is 19.8. The van der Waals surface area contributed by atoms with Crippen LogP contribution in [0.2, 0.25) is 0 Å². The van der Waals surface area contributed by atoms with Gasteiger partial charge in [-0.2, -0.15) is 0 Å². The van der Waals surface area contributed by atoms with Gasteiger partial charge in [0, 0.05) is 6.08 Å². The average Bonchev–Trinajstić information content (AvgIpc) is 2.68. The Balaban J connectivity index is 3.55. The Kier molecular flexibility index (Phi) is 20.3. The van der Waals surface area contributed by atoms with E-state index >= 15 is 0 Å². The second-order valence-corrected chi connectivity index (χ2v) is 6.48. The number of carbonyl (C=O) groups excluding carboxylic acids is 1. The lowest BCUT2D eigenvalue weighted by molar-refractivity contribution is -0.136. The van der Waals surface area contributed by atoms with Gasteiger partial charge in [-0.1, -0.05) is 126 Å². The molecule has 0 atom stereocenters. The van der Waals surface area contributed by atoms with E-state index in [1.54, 1.807) is 18.2 Å². The number of carbonyl (C=O) groups is 1. The Labute approximate surface area is 167 Å². The zero-order valence-electron chi connectivity index (χ0n) is 17.2. The van der Waals surface area contributed by atoms with Crippen LogP contribution in [0.4, 0.5) is 0 Å². The van der Waals surface area contributed by atoms with Crippen molar-refractivity contribution in [2.24, 2.45) is 0 Å². The van der Waals surface area contributed by atoms with E-state index in [4.69, 9.17) is 4.74 Å². The van der Waals surface area contributed by atoms with Crippen LogP contribution in [0, 0.1) is 0 Å². The van der Waals surface area contributed by atoms with Crippen LogP contribution in [0.3, 0.4) is 0 Å². The van der Waals surface area contributed by atoms with Crippen LogP contribution < -0.4 is 0 Å². The number of esters is 1. The van der Waals surface area contributed by atoms with Crippen molar-refractivity contribution in [2.75, 3.05) is 6.61 Å². The molecule has 0 N–H and O–H groups in total. The monoisotopic (exact) mass is 370 g/mol. The lowest BCUT2D eigenvalue weighted by Gasteiger charge is -2.00. The van der Waals surface area contributed by atoms with Gasteiger partial charge in [-0.3, -0.25) is 0 Å². The summed E-state index contributed by atoms with van der Waals surface area (Å²) in [6, 6.07) is 0. The van der Waals surface area contributed by atoms with Gasteiger partial charge >= 0.3 is 5.97 Å². The average molecular weight is 371 g/mol. The molecule has 0 amide bonds. The van der Waals surface area contributed by atoms with Crippen LogP contribution in [0.15, 0.2) is 73.4 Å². The lowest BCUT2D eigenvalue weighted by atomic mass is 10.1. The minimum absolute atomic E-state index is 0.240. The smallest absolute Gasteiger partial charge is 0.331 e. The molecule has 0 unspecified atom stereocenters. The SMILES string of the molecule is C=CCOC(=O)C=CC=CC=CC=CC=CCCCCCCCCCCC. The standard InChI is InChI=1S/C25H38O2/c1-3-5-6-7-8-9-10-11-12-13-14-15-16-17-18-19-20-21-22-23-25(26)27-24-4-2/h4,14-23H,2-3,5-13,24H2,1H3. The molecule has 0 bridgehead atoms. The second kappa shape index (κ2) is 22.0. The van der Waals surface area contributed by atoms with Crippen LogP contribution in [-0.4, -0.2) is 12.6 Å². The Morgan fingerprint density at radius 2 is 1.26 bits per heavy atom. The lowest BCUT2D eigenvalue weighted by Crippen LogP contribution is -1.99. The minimum Gasteiger partial charge on any atom is -0.458 e. The van der Waals surface area contributed by atoms with Crippen molar-refractivity contribution in [3.05, 3.63) is 73.4 Å². The van der Waals surface area contributed by atoms with Gasteiger partial charge in [-0.05, 0) is 12.8 Å². The summed E-state index contributed by atoms with van der Waals surface area (Å²) in [4.78, 5) is 11.2. The van der Waals surface area contributed by atoms with Crippen molar-refractivity contribution >= 4 is 5.97 Å². The van der Waals surface area contributed by atoms with Gasteiger partial charge in [-0.15, -0.1) is 0 Å². The highest BCUT2D eigenvalue weighted by Crippen LogP contribution is 2.10. The predicted octanol–water partition coefficient (Wildman–Crippen LogP) is 7.42. The fourth-order valence-corrected chi connectivity index (χ4v) is 2.46. The highest BCUT2D eigenvalue weighted by Gasteiger charge is 1.91. The van der Waals surface area contributed by atoms with Crippen LogP contribution in [-0.2, 0) is 9.53 Å². The summed E-state index contributed by atoms with van der Waals surface area (Å²) >= 11 is 0. The highest BCUT2D eigenvalue weighted by atomic mass is 16.5. The number of rotatable bonds is 17. The molecular weight excluding hydrogens is 332 g/mol. The summed E-state index contributed by atoms with van der Waals surface area (Å²) in [5.74, 6) is -0.361. The molecule has 0 aliphatic heterocycles. The minimum atomic E-state index is -0.361. The van der Waals surface area contributed by atoms with E-state index in [2.05, 4.69) is 25.7 Å². The molecule has 27 heavy (non-hydrogen) atoms. The van der Waals surface area contributed by atoms with Gasteiger partial charge in [-0.25, -0.2) is 4.79 Å². The quantitative estimate of drug-likeness (QED) is 0.0875. The number of ether oxygens (including phenoxy) is 1. The molecule has 0 saturated carbocycles. The first-order valence-electron chi connectivity index (χ1n) is 10.4. The van der Waals surface area contributed by atoms with E-state index in [1.807, 2.05) is 30.4 Å². The Morgan fingerprint density at radius 3 is 1.85 bits per heavy atom. The van der Waals surface area contributed by atoms with Gasteiger partial charge in [0.25, 0.3) is 0 Å². The van der Waals surface area contributed by atoms with Crippen LogP contribution in [0.5, 0.6) is 0 Å². The maximum atomic E-state index is 11.2. The molecule has 0 radical (unpaired) electrons. The second-order valence-electron chi connectivity index (χ2n) is 6.48. The van der Waals surface area contributed by atoms with Gasteiger partial charge in [0.15, 0.2) is 0 Å². The first-order valence-corrected chi connectivity index (χ1v) is 10.4. The molecule has 0 aromatic carbocycles. The topological polar surface area (TPSA) is 26.3 Å². The molecule has 0 rings (SSSR count). The molecule has 2 heteroatoms. The number of unbranched alkanes of at least 4 members (excludes halogenated alkanes) is 9. The molecule has 2 nitrogen and oxygen atoms in total. The fourth-order valence-electron chi connectivity index (χ4n) is 2.46. The normalized spacial score (nSPS) is 12.3. The van der Waals surface area contributed by atoms with E-state index in [0.717, 1.165) is 6.42 Å². The van der Waals surface area contributed by atoms with Crippen molar-refractivity contribution < 1.29 is 9.53 Å². The van der Waals surface area contributed by atoms with Crippen LogP contribution in [0.25, 0.3) is 0 Å². The molecule has 150 valence electrons. The molecule has 0 aromatic heterocycles. The van der Waals surface area contributed by atoms with Gasteiger partial charge < -0.3 is 4.74 Å². The summed E-state index contributed by atoms with van der Waals surface area (Å²) in [6.45, 7) is 5.99. The predicted molar refractivity (Wildman–Crippen MR) is 119 cm³/mol. The molecule has 0 aromatic rings. The van der Waals surface area contributed by atoms with Crippen LogP contribution in [0.1, 0.15) is 71.1 Å². The number of hydrogen-bond acceptors (Lipinski definition) is 2. The maximum absolute atomic E-state index is 11.2.